The van der Waals surface area contributed by atoms with Crippen LogP contribution in [-0.2, 0) is 0 Å². The van der Waals surface area contributed by atoms with Crippen molar-refractivity contribution in [2.24, 2.45) is 11.8 Å². The van der Waals surface area contributed by atoms with Crippen LogP contribution in [0.2, 0.25) is 0 Å². The van der Waals surface area contributed by atoms with E-state index in [0.717, 1.165) is 58.4 Å². The highest BCUT2D eigenvalue weighted by molar-refractivity contribution is 6.16. The first-order valence-corrected chi connectivity index (χ1v) is 21.5. The standard InChI is InChI=1S/C25H27N3O3.C25H27N3O2/c1-17-13-14-21(20-11-6-5-10-19(17)20)24(29)27-22-12-7-15-28(31)23(22)25(30)26-16-18-8-3-2-4-9-18;1-17-13-14-21(20-11-6-5-10-19(17)20)24(29)28-22-12-7-15-26-23(22)25(30)27-16-18-8-3-2-4-9-18/h5-7,10-15,18H,2-4,8-9,16H2,1H3,(H,26,30)(H,27,29);5-7,10-15,18H,2-4,8-9,16H2,1H3,(H,27,30)(H,28,29). The van der Waals surface area contributed by atoms with Gasteiger partial charge >= 0.3 is 11.6 Å². The molecule has 8 rings (SSSR count). The average Bonchev–Trinajstić information content (AvgIpc) is 3.29. The van der Waals surface area contributed by atoms with Gasteiger partial charge in [0.15, 0.2) is 11.9 Å². The zero-order valence-electron chi connectivity index (χ0n) is 35.0. The highest BCUT2D eigenvalue weighted by Gasteiger charge is 2.25. The normalized spacial score (nSPS) is 14.4. The number of anilines is 2. The van der Waals surface area contributed by atoms with E-state index in [0.29, 0.717) is 46.5 Å². The lowest BCUT2D eigenvalue weighted by Gasteiger charge is -2.21. The molecule has 2 aliphatic carbocycles. The van der Waals surface area contributed by atoms with Gasteiger partial charge < -0.3 is 26.5 Å². The van der Waals surface area contributed by atoms with E-state index in [9.17, 15) is 24.4 Å². The van der Waals surface area contributed by atoms with Gasteiger partial charge in [0.25, 0.3) is 17.7 Å². The van der Waals surface area contributed by atoms with Crippen LogP contribution in [0.25, 0.3) is 21.5 Å². The molecule has 2 fully saturated rings. The predicted molar refractivity (Wildman–Crippen MR) is 241 cm³/mol. The minimum atomic E-state index is -0.467. The summed E-state index contributed by atoms with van der Waals surface area (Å²) in [6.07, 6.45) is 14.7. The van der Waals surface area contributed by atoms with Crippen molar-refractivity contribution in [3.63, 3.8) is 0 Å². The first-order valence-electron chi connectivity index (χ1n) is 21.5. The minimum absolute atomic E-state index is 0.0944. The highest BCUT2D eigenvalue weighted by Crippen LogP contribution is 2.27. The van der Waals surface area contributed by atoms with Crippen LogP contribution in [0.3, 0.4) is 0 Å². The lowest BCUT2D eigenvalue weighted by atomic mass is 9.89. The molecule has 2 aromatic heterocycles. The van der Waals surface area contributed by atoms with Gasteiger partial charge in [0.1, 0.15) is 5.69 Å². The summed E-state index contributed by atoms with van der Waals surface area (Å²) >= 11 is 0. The summed E-state index contributed by atoms with van der Waals surface area (Å²) in [5.74, 6) is -0.346. The van der Waals surface area contributed by atoms with Crippen LogP contribution in [0, 0.1) is 30.9 Å². The third-order valence-electron chi connectivity index (χ3n) is 12.0. The third-order valence-corrected chi connectivity index (χ3v) is 12.0. The topological polar surface area (TPSA) is 156 Å². The van der Waals surface area contributed by atoms with Gasteiger partial charge in [-0.3, -0.25) is 19.2 Å². The van der Waals surface area contributed by atoms with E-state index in [1.54, 1.807) is 30.5 Å². The number of carbonyl (C=O) groups excluding carboxylic acids is 4. The molecule has 4 N–H and O–H groups in total. The van der Waals surface area contributed by atoms with Crippen LogP contribution in [-0.4, -0.2) is 41.7 Å². The minimum Gasteiger partial charge on any atom is -0.618 e. The van der Waals surface area contributed by atoms with Gasteiger partial charge in [0.05, 0.1) is 5.69 Å². The molecule has 0 atom stereocenters. The van der Waals surface area contributed by atoms with E-state index >= 15 is 0 Å². The van der Waals surface area contributed by atoms with Crippen LogP contribution in [0.5, 0.6) is 0 Å². The number of nitrogens with one attached hydrogen (secondary N) is 4. The summed E-state index contributed by atoms with van der Waals surface area (Å²) in [6.45, 7) is 5.23. The van der Waals surface area contributed by atoms with Crippen molar-refractivity contribution in [3.05, 3.63) is 148 Å². The maximum Gasteiger partial charge on any atom is 0.319 e. The van der Waals surface area contributed by atoms with E-state index in [1.807, 2.05) is 80.6 Å². The number of hydrogen-bond donors (Lipinski definition) is 4. The Balaban J connectivity index is 0.000000184. The lowest BCUT2D eigenvalue weighted by Crippen LogP contribution is -2.42. The van der Waals surface area contributed by atoms with Gasteiger partial charge in [-0.1, -0.05) is 99.2 Å². The van der Waals surface area contributed by atoms with Crippen LogP contribution < -0.4 is 26.0 Å². The molecule has 0 aliphatic heterocycles. The maximum atomic E-state index is 13.1. The number of aryl methyl sites for hydroxylation is 2. The fourth-order valence-electron chi connectivity index (χ4n) is 8.60. The van der Waals surface area contributed by atoms with Gasteiger partial charge in [0.2, 0.25) is 0 Å². The summed E-state index contributed by atoms with van der Waals surface area (Å²) in [5, 5.41) is 27.7. The predicted octanol–water partition coefficient (Wildman–Crippen LogP) is 9.45. The van der Waals surface area contributed by atoms with E-state index in [-0.39, 0.29) is 34.8 Å². The number of nitrogens with zero attached hydrogens (tertiary/aromatic N) is 2. The molecule has 314 valence electrons. The molecule has 0 radical (unpaired) electrons. The second kappa shape index (κ2) is 20.1. The molecule has 11 nitrogen and oxygen atoms in total. The number of hydrogen-bond acceptors (Lipinski definition) is 6. The Labute approximate surface area is 357 Å². The van der Waals surface area contributed by atoms with Crippen molar-refractivity contribution in [2.75, 3.05) is 23.7 Å². The average molecular weight is 819 g/mol. The fourth-order valence-corrected chi connectivity index (χ4v) is 8.60. The zero-order chi connectivity index (χ0) is 42.7. The van der Waals surface area contributed by atoms with E-state index in [4.69, 9.17) is 0 Å². The quantitative estimate of drug-likeness (QED) is 0.0797. The van der Waals surface area contributed by atoms with Crippen molar-refractivity contribution in [1.29, 1.82) is 0 Å². The molecule has 6 aromatic rings. The molecule has 0 spiro atoms. The third kappa shape index (κ3) is 10.4. The van der Waals surface area contributed by atoms with Crippen molar-refractivity contribution in [1.82, 2.24) is 15.6 Å². The molecule has 0 saturated heterocycles. The number of pyridine rings is 2. The van der Waals surface area contributed by atoms with E-state index < -0.39 is 5.91 Å². The summed E-state index contributed by atoms with van der Waals surface area (Å²) < 4.78 is 0.513. The molecule has 2 aliphatic rings. The van der Waals surface area contributed by atoms with Crippen LogP contribution in [0.15, 0.2) is 109 Å². The molecule has 0 unspecified atom stereocenters. The van der Waals surface area contributed by atoms with Crippen LogP contribution in [0.1, 0.15) is 117 Å². The van der Waals surface area contributed by atoms with E-state index in [2.05, 4.69) is 26.3 Å². The van der Waals surface area contributed by atoms with Gasteiger partial charge in [0, 0.05) is 36.5 Å². The molecule has 11 heteroatoms. The Hall–Kier alpha value is -6.62. The van der Waals surface area contributed by atoms with Crippen molar-refractivity contribution >= 4 is 56.5 Å². The summed E-state index contributed by atoms with van der Waals surface area (Å²) in [7, 11) is 0. The number of amides is 4. The Morgan fingerprint density at radius 3 is 1.57 bits per heavy atom. The molecule has 4 aromatic carbocycles. The largest absolute Gasteiger partial charge is 0.618 e. The number of benzene rings is 4. The SMILES string of the molecule is Cc1ccc(C(=O)Nc2ccc[n+]([O-])c2C(=O)NCC2CCCCC2)c2ccccc12.Cc1ccc(C(=O)Nc2cccnc2C(=O)NCC2CCCCC2)c2ccccc12. The van der Waals surface area contributed by atoms with Crippen molar-refractivity contribution < 1.29 is 23.9 Å². The first kappa shape index (κ1) is 42.5. The lowest BCUT2D eigenvalue weighted by molar-refractivity contribution is -0.607. The number of aromatic nitrogens is 2. The molecule has 2 saturated carbocycles. The molecule has 61 heavy (non-hydrogen) atoms. The van der Waals surface area contributed by atoms with Crippen molar-refractivity contribution in [2.45, 2.75) is 78.1 Å². The Bertz CT molecular complexity index is 2540. The monoisotopic (exact) mass is 818 g/mol. The van der Waals surface area contributed by atoms with E-state index in [1.165, 1.54) is 50.8 Å². The van der Waals surface area contributed by atoms with Gasteiger partial charge in [-0.2, -0.15) is 4.73 Å². The first-order chi connectivity index (χ1) is 29.7. The van der Waals surface area contributed by atoms with Gasteiger partial charge in [-0.15, -0.1) is 0 Å². The molecule has 0 bridgehead atoms. The van der Waals surface area contributed by atoms with Crippen LogP contribution >= 0.6 is 0 Å². The van der Waals surface area contributed by atoms with Gasteiger partial charge in [-0.25, -0.2) is 4.98 Å². The smallest absolute Gasteiger partial charge is 0.319 e. The summed E-state index contributed by atoms with van der Waals surface area (Å²) in [5.41, 5.74) is 4.05. The number of carbonyl (C=O) groups is 4. The molecular weight excluding hydrogens is 765 g/mol. The summed E-state index contributed by atoms with van der Waals surface area (Å²) in [4.78, 5) is 55.9. The molecule has 2 heterocycles. The van der Waals surface area contributed by atoms with Crippen molar-refractivity contribution in [3.8, 4) is 0 Å². The Morgan fingerprint density at radius 2 is 1.03 bits per heavy atom. The van der Waals surface area contributed by atoms with Gasteiger partial charge in [-0.05, 0) is 114 Å². The Morgan fingerprint density at radius 1 is 0.557 bits per heavy atom. The maximum absolute atomic E-state index is 13.1. The van der Waals surface area contributed by atoms with Crippen LogP contribution in [0.4, 0.5) is 11.4 Å². The Kier molecular flexibility index (Phi) is 14.0. The number of rotatable bonds is 10. The highest BCUT2D eigenvalue weighted by atomic mass is 16.5. The second-order valence-electron chi connectivity index (χ2n) is 16.3. The summed E-state index contributed by atoms with van der Waals surface area (Å²) in [6, 6.07) is 29.5. The molecule has 4 amide bonds. The molecular formula is C50H54N6O5. The zero-order valence-corrected chi connectivity index (χ0v) is 35.0. The fraction of sp³-hybridized carbons (Fsp3) is 0.320. The second-order valence-corrected chi connectivity index (χ2v) is 16.3. The number of fused-ring (bicyclic) bond motifs is 2.